The summed E-state index contributed by atoms with van der Waals surface area (Å²) in [6.45, 7) is 8.87. The van der Waals surface area contributed by atoms with E-state index < -0.39 is 0 Å². The number of aliphatic imine (C=N–C) groups is 1. The summed E-state index contributed by atoms with van der Waals surface area (Å²) in [5, 5.41) is 3.40. The molecule has 1 N–H and O–H groups in total. The molecule has 25 heavy (non-hydrogen) atoms. The quantitative estimate of drug-likeness (QED) is 0.654. The Hall–Kier alpha value is -1.95. The third-order valence-corrected chi connectivity index (χ3v) is 4.49. The molecule has 6 heteroatoms. The first-order valence-corrected chi connectivity index (χ1v) is 9.33. The van der Waals surface area contributed by atoms with Gasteiger partial charge >= 0.3 is 0 Å². The molecule has 1 aromatic rings. The lowest BCUT2D eigenvalue weighted by atomic mass is 10.1. The SMILES string of the molecule is CCNC(=NCC1COc2ccccc2O1)N1CCC(OCC)CC1. The molecular weight excluding hydrogens is 318 g/mol. The first-order chi connectivity index (χ1) is 12.3. The van der Waals surface area contributed by atoms with Crippen LogP contribution in [-0.4, -0.2) is 62.5 Å². The van der Waals surface area contributed by atoms with E-state index in [0.717, 1.165) is 56.5 Å². The van der Waals surface area contributed by atoms with Crippen molar-refractivity contribution in [3.8, 4) is 11.5 Å². The molecule has 0 amide bonds. The van der Waals surface area contributed by atoms with Crippen LogP contribution in [0.25, 0.3) is 0 Å². The second-order valence-electron chi connectivity index (χ2n) is 6.33. The van der Waals surface area contributed by atoms with Crippen molar-refractivity contribution in [3.63, 3.8) is 0 Å². The summed E-state index contributed by atoms with van der Waals surface area (Å²) in [5.41, 5.74) is 0. The average molecular weight is 347 g/mol. The van der Waals surface area contributed by atoms with Crippen LogP contribution in [0.15, 0.2) is 29.3 Å². The Morgan fingerprint density at radius 1 is 1.24 bits per heavy atom. The smallest absolute Gasteiger partial charge is 0.194 e. The highest BCUT2D eigenvalue weighted by molar-refractivity contribution is 5.80. The molecule has 2 aliphatic rings. The fraction of sp³-hybridized carbons (Fsp3) is 0.632. The molecule has 0 aromatic heterocycles. The van der Waals surface area contributed by atoms with Crippen LogP contribution < -0.4 is 14.8 Å². The maximum atomic E-state index is 6.00. The number of ether oxygens (including phenoxy) is 3. The summed E-state index contributed by atoms with van der Waals surface area (Å²) in [7, 11) is 0. The van der Waals surface area contributed by atoms with Gasteiger partial charge in [-0.1, -0.05) is 12.1 Å². The van der Waals surface area contributed by atoms with Gasteiger partial charge in [0.15, 0.2) is 23.6 Å². The van der Waals surface area contributed by atoms with E-state index in [1.807, 2.05) is 24.3 Å². The Morgan fingerprint density at radius 3 is 2.72 bits per heavy atom. The number of hydrogen-bond acceptors (Lipinski definition) is 4. The molecule has 138 valence electrons. The molecule has 1 aromatic carbocycles. The van der Waals surface area contributed by atoms with E-state index in [1.165, 1.54) is 0 Å². The summed E-state index contributed by atoms with van der Waals surface area (Å²) in [6, 6.07) is 7.78. The molecule has 0 saturated carbocycles. The van der Waals surface area contributed by atoms with Crippen molar-refractivity contribution in [1.82, 2.24) is 10.2 Å². The second-order valence-corrected chi connectivity index (χ2v) is 6.33. The van der Waals surface area contributed by atoms with Gasteiger partial charge in [0.05, 0.1) is 12.6 Å². The maximum absolute atomic E-state index is 6.00. The van der Waals surface area contributed by atoms with Crippen LogP contribution in [0.3, 0.4) is 0 Å². The van der Waals surface area contributed by atoms with Crippen molar-refractivity contribution in [1.29, 1.82) is 0 Å². The zero-order valence-corrected chi connectivity index (χ0v) is 15.2. The number of benzene rings is 1. The van der Waals surface area contributed by atoms with Crippen LogP contribution in [0.5, 0.6) is 11.5 Å². The summed E-state index contributed by atoms with van der Waals surface area (Å²) in [4.78, 5) is 7.11. The number of guanidine groups is 1. The number of fused-ring (bicyclic) bond motifs is 1. The van der Waals surface area contributed by atoms with Gasteiger partial charge in [-0.15, -0.1) is 0 Å². The highest BCUT2D eigenvalue weighted by Gasteiger charge is 2.23. The molecule has 0 aliphatic carbocycles. The van der Waals surface area contributed by atoms with E-state index >= 15 is 0 Å². The zero-order chi connectivity index (χ0) is 17.5. The van der Waals surface area contributed by atoms with Crippen molar-refractivity contribution >= 4 is 5.96 Å². The molecule has 3 rings (SSSR count). The van der Waals surface area contributed by atoms with Gasteiger partial charge < -0.3 is 24.4 Å². The van der Waals surface area contributed by atoms with Crippen molar-refractivity contribution in [2.45, 2.75) is 38.9 Å². The van der Waals surface area contributed by atoms with Gasteiger partial charge in [-0.25, -0.2) is 4.99 Å². The van der Waals surface area contributed by atoms with E-state index in [2.05, 4.69) is 24.1 Å². The fourth-order valence-electron chi connectivity index (χ4n) is 3.24. The molecule has 1 unspecified atom stereocenters. The van der Waals surface area contributed by atoms with Crippen molar-refractivity contribution < 1.29 is 14.2 Å². The van der Waals surface area contributed by atoms with E-state index in [0.29, 0.717) is 19.3 Å². The molecule has 1 atom stereocenters. The maximum Gasteiger partial charge on any atom is 0.194 e. The van der Waals surface area contributed by atoms with Crippen LogP contribution in [-0.2, 0) is 4.74 Å². The molecule has 0 bridgehead atoms. The standard InChI is InChI=1S/C19H29N3O3/c1-3-20-19(22-11-9-15(10-12-22)23-4-2)21-13-16-14-24-17-7-5-6-8-18(17)25-16/h5-8,15-16H,3-4,9-14H2,1-2H3,(H,20,21). The number of hydrogen-bond donors (Lipinski definition) is 1. The van der Waals surface area contributed by atoms with Crippen molar-refractivity contribution in [2.24, 2.45) is 4.99 Å². The Kier molecular flexibility index (Phi) is 6.39. The first kappa shape index (κ1) is 17.9. The van der Waals surface area contributed by atoms with Gasteiger partial charge in [0.1, 0.15) is 6.61 Å². The topological polar surface area (TPSA) is 55.3 Å². The average Bonchev–Trinajstić information content (AvgIpc) is 2.66. The molecule has 1 saturated heterocycles. The van der Waals surface area contributed by atoms with Crippen LogP contribution in [0.2, 0.25) is 0 Å². The predicted octanol–water partition coefficient (Wildman–Crippen LogP) is 2.29. The molecule has 2 aliphatic heterocycles. The summed E-state index contributed by atoms with van der Waals surface area (Å²) >= 11 is 0. The second kappa shape index (κ2) is 8.94. The lowest BCUT2D eigenvalue weighted by Gasteiger charge is -2.34. The first-order valence-electron chi connectivity index (χ1n) is 9.33. The number of para-hydroxylation sites is 2. The van der Waals surface area contributed by atoms with Gasteiger partial charge in [-0.3, -0.25) is 0 Å². The summed E-state index contributed by atoms with van der Waals surface area (Å²) < 4.78 is 17.5. The Bertz CT molecular complexity index is 571. The Balaban J connectivity index is 1.56. The molecular formula is C19H29N3O3. The van der Waals surface area contributed by atoms with E-state index in [9.17, 15) is 0 Å². The summed E-state index contributed by atoms with van der Waals surface area (Å²) in [5.74, 6) is 2.57. The van der Waals surface area contributed by atoms with Gasteiger partial charge in [0.25, 0.3) is 0 Å². The number of piperidine rings is 1. The lowest BCUT2D eigenvalue weighted by Crippen LogP contribution is -2.47. The van der Waals surface area contributed by atoms with Crippen LogP contribution in [0.4, 0.5) is 0 Å². The monoisotopic (exact) mass is 347 g/mol. The third kappa shape index (κ3) is 4.78. The van der Waals surface area contributed by atoms with Crippen LogP contribution in [0.1, 0.15) is 26.7 Å². The van der Waals surface area contributed by atoms with Crippen LogP contribution in [0, 0.1) is 0 Å². The fourth-order valence-corrected chi connectivity index (χ4v) is 3.24. The number of nitrogens with zero attached hydrogens (tertiary/aromatic N) is 2. The predicted molar refractivity (Wildman–Crippen MR) is 98.6 cm³/mol. The lowest BCUT2D eigenvalue weighted by molar-refractivity contribution is 0.0263. The van der Waals surface area contributed by atoms with Crippen molar-refractivity contribution in [2.75, 3.05) is 39.4 Å². The minimum absolute atomic E-state index is 0.0514. The molecule has 2 heterocycles. The Labute approximate surface area is 150 Å². The van der Waals surface area contributed by atoms with Gasteiger partial charge in [-0.05, 0) is 38.8 Å². The van der Waals surface area contributed by atoms with Crippen LogP contribution >= 0.6 is 0 Å². The minimum Gasteiger partial charge on any atom is -0.486 e. The Morgan fingerprint density at radius 2 is 2.00 bits per heavy atom. The van der Waals surface area contributed by atoms with E-state index in [4.69, 9.17) is 19.2 Å². The van der Waals surface area contributed by atoms with E-state index in [-0.39, 0.29) is 6.10 Å². The van der Waals surface area contributed by atoms with Gasteiger partial charge in [0, 0.05) is 26.2 Å². The molecule has 6 nitrogen and oxygen atoms in total. The van der Waals surface area contributed by atoms with Gasteiger partial charge in [0.2, 0.25) is 0 Å². The number of likely N-dealkylation sites (tertiary alicyclic amines) is 1. The molecule has 0 radical (unpaired) electrons. The minimum atomic E-state index is -0.0514. The van der Waals surface area contributed by atoms with Crippen molar-refractivity contribution in [3.05, 3.63) is 24.3 Å². The van der Waals surface area contributed by atoms with Gasteiger partial charge in [-0.2, -0.15) is 0 Å². The molecule has 1 fully saturated rings. The highest BCUT2D eigenvalue weighted by Crippen LogP contribution is 2.30. The zero-order valence-electron chi connectivity index (χ0n) is 15.2. The van der Waals surface area contributed by atoms with E-state index in [1.54, 1.807) is 0 Å². The molecule has 0 spiro atoms. The third-order valence-electron chi connectivity index (χ3n) is 4.49. The largest absolute Gasteiger partial charge is 0.486 e. The number of nitrogens with one attached hydrogen (secondary N) is 1. The highest BCUT2D eigenvalue weighted by atomic mass is 16.6. The summed E-state index contributed by atoms with van der Waals surface area (Å²) in [6.07, 6.45) is 2.43. The number of rotatable bonds is 5. The normalized spacial score (nSPS) is 21.3.